The predicted molar refractivity (Wildman–Crippen MR) is 139 cm³/mol. The molecule has 0 spiro atoms. The maximum atomic E-state index is 13.6. The Morgan fingerprint density at radius 1 is 0.861 bits per heavy atom. The summed E-state index contributed by atoms with van der Waals surface area (Å²) in [5.74, 6) is 1.07. The average Bonchev–Trinajstić information content (AvgIpc) is 2.90. The standard InChI is InChI=1S/C26H24N4O5S/c1-4-35-18-15-13-17(14-16-18)29-24(31)23(28-27-19-9-5-7-11-21(19)33-2)25(32)30(26(29)36)20-10-6-8-12-22(20)34-3/h5-16,32H,4H2,1-3H3. The van der Waals surface area contributed by atoms with Gasteiger partial charge in [-0.2, -0.15) is 0 Å². The van der Waals surface area contributed by atoms with Crippen molar-refractivity contribution in [2.45, 2.75) is 6.92 Å². The summed E-state index contributed by atoms with van der Waals surface area (Å²) in [5, 5.41) is 19.5. The topological polar surface area (TPSA) is 99.6 Å². The van der Waals surface area contributed by atoms with E-state index in [-0.39, 0.29) is 10.5 Å². The maximum absolute atomic E-state index is 13.6. The molecule has 4 aromatic rings. The molecular formula is C26H24N4O5S. The quantitative estimate of drug-likeness (QED) is 0.237. The molecule has 4 rings (SSSR count). The van der Waals surface area contributed by atoms with Crippen LogP contribution < -0.4 is 19.8 Å². The third-order valence-electron chi connectivity index (χ3n) is 5.29. The Morgan fingerprint density at radius 3 is 2.17 bits per heavy atom. The molecule has 0 atom stereocenters. The summed E-state index contributed by atoms with van der Waals surface area (Å²) in [7, 11) is 3.01. The molecule has 1 heterocycles. The number of hydrogen-bond donors (Lipinski definition) is 1. The van der Waals surface area contributed by atoms with E-state index in [1.807, 2.05) is 6.92 Å². The number of nitrogens with zero attached hydrogens (tertiary/aromatic N) is 4. The van der Waals surface area contributed by atoms with Crippen LogP contribution in [0.25, 0.3) is 11.4 Å². The summed E-state index contributed by atoms with van der Waals surface area (Å²) in [5.41, 5.74) is 0.320. The summed E-state index contributed by atoms with van der Waals surface area (Å²) < 4.78 is 18.9. The number of aromatic nitrogens is 2. The fourth-order valence-electron chi connectivity index (χ4n) is 3.61. The first-order chi connectivity index (χ1) is 17.5. The molecule has 3 aromatic carbocycles. The van der Waals surface area contributed by atoms with Crippen molar-refractivity contribution >= 4 is 23.6 Å². The maximum Gasteiger partial charge on any atom is 0.290 e. The van der Waals surface area contributed by atoms with Crippen molar-refractivity contribution in [1.82, 2.24) is 9.13 Å². The fourth-order valence-corrected chi connectivity index (χ4v) is 3.98. The molecule has 1 aromatic heterocycles. The molecule has 0 unspecified atom stereocenters. The third-order valence-corrected chi connectivity index (χ3v) is 5.65. The van der Waals surface area contributed by atoms with Crippen molar-refractivity contribution in [1.29, 1.82) is 0 Å². The van der Waals surface area contributed by atoms with E-state index in [0.29, 0.717) is 40.9 Å². The minimum absolute atomic E-state index is 0.0161. The average molecular weight is 505 g/mol. The summed E-state index contributed by atoms with van der Waals surface area (Å²) in [6.45, 7) is 2.39. The number of hydrogen-bond acceptors (Lipinski definition) is 8. The number of para-hydroxylation sites is 3. The zero-order valence-corrected chi connectivity index (χ0v) is 20.7. The van der Waals surface area contributed by atoms with Crippen LogP contribution in [0.1, 0.15) is 6.92 Å². The molecule has 0 aliphatic rings. The Kier molecular flexibility index (Phi) is 7.45. The molecule has 0 fully saturated rings. The van der Waals surface area contributed by atoms with Crippen molar-refractivity contribution < 1.29 is 19.3 Å². The van der Waals surface area contributed by atoms with Crippen LogP contribution >= 0.6 is 12.2 Å². The van der Waals surface area contributed by atoms with Crippen LogP contribution in [0.4, 0.5) is 11.4 Å². The summed E-state index contributed by atoms with van der Waals surface area (Å²) in [4.78, 5) is 13.6. The number of ether oxygens (including phenoxy) is 3. The highest BCUT2D eigenvalue weighted by molar-refractivity contribution is 7.71. The molecule has 184 valence electrons. The molecular weight excluding hydrogens is 480 g/mol. The molecule has 0 aliphatic carbocycles. The molecule has 0 saturated carbocycles. The molecule has 0 aliphatic heterocycles. The Balaban J connectivity index is 2.00. The van der Waals surface area contributed by atoms with Crippen LogP contribution in [-0.4, -0.2) is 35.1 Å². The zero-order chi connectivity index (χ0) is 25.7. The first-order valence-electron chi connectivity index (χ1n) is 11.0. The lowest BCUT2D eigenvalue weighted by molar-refractivity contribution is 0.340. The van der Waals surface area contributed by atoms with Gasteiger partial charge >= 0.3 is 0 Å². The van der Waals surface area contributed by atoms with Crippen molar-refractivity contribution in [2.24, 2.45) is 10.2 Å². The van der Waals surface area contributed by atoms with Gasteiger partial charge in [0.1, 0.15) is 22.9 Å². The second-order valence-electron chi connectivity index (χ2n) is 7.40. The summed E-state index contributed by atoms with van der Waals surface area (Å²) in [6.07, 6.45) is 0. The number of azo groups is 1. The first-order valence-corrected chi connectivity index (χ1v) is 11.4. The van der Waals surface area contributed by atoms with Crippen molar-refractivity contribution in [3.05, 3.63) is 87.9 Å². The fraction of sp³-hybridized carbons (Fsp3) is 0.154. The van der Waals surface area contributed by atoms with E-state index in [4.69, 9.17) is 26.4 Å². The molecule has 0 bridgehead atoms. The number of aromatic hydroxyl groups is 1. The van der Waals surface area contributed by atoms with Gasteiger partial charge in [0, 0.05) is 0 Å². The van der Waals surface area contributed by atoms with Gasteiger partial charge in [0.25, 0.3) is 5.56 Å². The minimum Gasteiger partial charge on any atom is -0.495 e. The van der Waals surface area contributed by atoms with E-state index in [9.17, 15) is 9.90 Å². The molecule has 0 radical (unpaired) electrons. The highest BCUT2D eigenvalue weighted by Gasteiger charge is 2.21. The highest BCUT2D eigenvalue weighted by atomic mass is 32.1. The number of benzene rings is 3. The lowest BCUT2D eigenvalue weighted by Gasteiger charge is -2.18. The van der Waals surface area contributed by atoms with Gasteiger partial charge in [-0.15, -0.1) is 10.2 Å². The number of rotatable bonds is 8. The van der Waals surface area contributed by atoms with Gasteiger partial charge in [-0.25, -0.2) is 0 Å². The predicted octanol–water partition coefficient (Wildman–Crippen LogP) is 5.89. The van der Waals surface area contributed by atoms with Crippen LogP contribution in [0.5, 0.6) is 23.1 Å². The Hall–Kier alpha value is -4.44. The molecule has 36 heavy (non-hydrogen) atoms. The smallest absolute Gasteiger partial charge is 0.290 e. The van der Waals surface area contributed by atoms with Gasteiger partial charge in [0.15, 0.2) is 4.77 Å². The van der Waals surface area contributed by atoms with E-state index in [0.717, 1.165) is 0 Å². The largest absolute Gasteiger partial charge is 0.495 e. The van der Waals surface area contributed by atoms with Gasteiger partial charge in [0.05, 0.1) is 32.2 Å². The van der Waals surface area contributed by atoms with Crippen LogP contribution in [-0.2, 0) is 0 Å². The molecule has 9 nitrogen and oxygen atoms in total. The molecule has 0 saturated heterocycles. The second-order valence-corrected chi connectivity index (χ2v) is 7.77. The van der Waals surface area contributed by atoms with Gasteiger partial charge in [-0.05, 0) is 67.7 Å². The first kappa shape index (κ1) is 24.7. The second kappa shape index (κ2) is 10.9. The van der Waals surface area contributed by atoms with Crippen LogP contribution in [0.2, 0.25) is 0 Å². The van der Waals surface area contributed by atoms with Gasteiger partial charge in [-0.1, -0.05) is 24.3 Å². The SMILES string of the molecule is CCOc1ccc(-n2c(=O)c(N=Nc3ccccc3OC)c(O)n(-c3ccccc3OC)c2=S)cc1. The van der Waals surface area contributed by atoms with Gasteiger partial charge in [-0.3, -0.25) is 13.9 Å². The Labute approximate surface area is 212 Å². The monoisotopic (exact) mass is 504 g/mol. The zero-order valence-electron chi connectivity index (χ0n) is 19.9. The van der Waals surface area contributed by atoms with Crippen molar-refractivity contribution in [2.75, 3.05) is 20.8 Å². The van der Waals surface area contributed by atoms with E-state index in [2.05, 4.69) is 10.2 Å². The summed E-state index contributed by atoms with van der Waals surface area (Å²) >= 11 is 5.69. The third kappa shape index (κ3) is 4.71. The summed E-state index contributed by atoms with van der Waals surface area (Å²) in [6, 6.07) is 20.8. The minimum atomic E-state index is -0.647. The Morgan fingerprint density at radius 2 is 1.50 bits per heavy atom. The highest BCUT2D eigenvalue weighted by Crippen LogP contribution is 2.34. The van der Waals surface area contributed by atoms with Gasteiger partial charge < -0.3 is 19.3 Å². The normalized spacial score (nSPS) is 11.0. The number of methoxy groups -OCH3 is 2. The van der Waals surface area contributed by atoms with Gasteiger partial charge in [0.2, 0.25) is 11.6 Å². The van der Waals surface area contributed by atoms with Crippen molar-refractivity contribution in [3.63, 3.8) is 0 Å². The Bertz CT molecular complexity index is 1530. The van der Waals surface area contributed by atoms with E-state index < -0.39 is 11.4 Å². The van der Waals surface area contributed by atoms with Crippen molar-refractivity contribution in [3.8, 4) is 34.5 Å². The molecule has 1 N–H and O–H groups in total. The lowest BCUT2D eigenvalue weighted by atomic mass is 10.2. The van der Waals surface area contributed by atoms with E-state index in [1.165, 1.54) is 23.4 Å². The van der Waals surface area contributed by atoms with Crippen LogP contribution in [0, 0.1) is 4.77 Å². The van der Waals surface area contributed by atoms with E-state index in [1.54, 1.807) is 72.8 Å². The van der Waals surface area contributed by atoms with Crippen LogP contribution in [0.15, 0.2) is 87.8 Å². The van der Waals surface area contributed by atoms with Crippen LogP contribution in [0.3, 0.4) is 0 Å². The molecule has 10 heteroatoms. The van der Waals surface area contributed by atoms with E-state index >= 15 is 0 Å². The molecule has 0 amide bonds. The lowest BCUT2D eigenvalue weighted by Crippen LogP contribution is -2.23.